The van der Waals surface area contributed by atoms with E-state index in [9.17, 15) is 4.79 Å². The summed E-state index contributed by atoms with van der Waals surface area (Å²) < 4.78 is 5.49. The molecule has 0 fully saturated rings. The maximum absolute atomic E-state index is 11.5. The Bertz CT molecular complexity index is 790. The summed E-state index contributed by atoms with van der Waals surface area (Å²) in [5.74, 6) is 0.784. The van der Waals surface area contributed by atoms with Crippen LogP contribution in [0.15, 0.2) is 42.5 Å². The summed E-state index contributed by atoms with van der Waals surface area (Å²) in [7, 11) is 0. The number of aromatic nitrogens is 1. The highest BCUT2D eigenvalue weighted by atomic mass is 35.5. The van der Waals surface area contributed by atoms with Gasteiger partial charge in [-0.25, -0.2) is 0 Å². The first-order valence-corrected chi connectivity index (χ1v) is 7.10. The highest BCUT2D eigenvalue weighted by molar-refractivity contribution is 6.30. The fourth-order valence-electron chi connectivity index (χ4n) is 2.42. The van der Waals surface area contributed by atoms with E-state index in [1.54, 1.807) is 0 Å². The number of rotatable bonds is 4. The first kappa shape index (κ1) is 13.7. The van der Waals surface area contributed by atoms with E-state index >= 15 is 0 Å². The number of ether oxygens (including phenoxy) is 1. The van der Waals surface area contributed by atoms with Gasteiger partial charge in [-0.2, -0.15) is 0 Å². The zero-order valence-corrected chi connectivity index (χ0v) is 12.3. The molecule has 1 N–H and O–H groups in total. The minimum Gasteiger partial charge on any atom is -0.494 e. The molecule has 1 heterocycles. The summed E-state index contributed by atoms with van der Waals surface area (Å²) in [4.78, 5) is 14.8. The van der Waals surface area contributed by atoms with Gasteiger partial charge < -0.3 is 9.72 Å². The first-order chi connectivity index (χ1) is 10.2. The molecule has 1 aromatic heterocycles. The summed E-state index contributed by atoms with van der Waals surface area (Å²) in [5.41, 5.74) is 3.25. The molecule has 4 heteroatoms. The fraction of sp³-hybridized carbons (Fsp3) is 0.118. The molecule has 0 saturated carbocycles. The second-order valence-corrected chi connectivity index (χ2v) is 5.12. The largest absolute Gasteiger partial charge is 0.494 e. The van der Waals surface area contributed by atoms with Gasteiger partial charge in [-0.15, -0.1) is 0 Å². The van der Waals surface area contributed by atoms with Crippen molar-refractivity contribution in [2.45, 2.75) is 6.92 Å². The van der Waals surface area contributed by atoms with Crippen molar-refractivity contribution in [2.24, 2.45) is 0 Å². The summed E-state index contributed by atoms with van der Waals surface area (Å²) in [6.45, 7) is 2.55. The number of carbonyl (C=O) groups is 1. The number of hydrogen-bond acceptors (Lipinski definition) is 2. The minimum absolute atomic E-state index is 0.608. The molecule has 0 amide bonds. The number of carbonyl (C=O) groups excluding carboxylic acids is 1. The van der Waals surface area contributed by atoms with Crippen molar-refractivity contribution >= 4 is 28.8 Å². The smallest absolute Gasteiger partial charge is 0.152 e. The van der Waals surface area contributed by atoms with Gasteiger partial charge in [-0.05, 0) is 36.8 Å². The second kappa shape index (κ2) is 5.62. The van der Waals surface area contributed by atoms with Crippen molar-refractivity contribution in [2.75, 3.05) is 6.61 Å². The molecule has 2 aromatic carbocycles. The molecule has 0 radical (unpaired) electrons. The molecule has 3 nitrogen and oxygen atoms in total. The van der Waals surface area contributed by atoms with Gasteiger partial charge in [0.2, 0.25) is 0 Å². The zero-order valence-electron chi connectivity index (χ0n) is 11.5. The summed E-state index contributed by atoms with van der Waals surface area (Å²) >= 11 is 5.91. The molecule has 0 aliphatic heterocycles. The molecule has 0 atom stereocenters. The number of hydrogen-bond donors (Lipinski definition) is 1. The van der Waals surface area contributed by atoms with E-state index in [4.69, 9.17) is 16.3 Å². The Labute approximate surface area is 127 Å². The van der Waals surface area contributed by atoms with Gasteiger partial charge in [0.15, 0.2) is 6.29 Å². The lowest BCUT2D eigenvalue weighted by Gasteiger charge is -2.01. The van der Waals surface area contributed by atoms with Crippen molar-refractivity contribution in [3.05, 3.63) is 53.1 Å². The molecule has 0 aliphatic rings. The molecule has 0 unspecified atom stereocenters. The highest BCUT2D eigenvalue weighted by Crippen LogP contribution is 2.31. The zero-order chi connectivity index (χ0) is 14.8. The SMILES string of the molecule is CCOc1ccc2c(C=O)c(-c3ccc(Cl)cc3)[nH]c2c1. The van der Waals surface area contributed by atoms with Crippen LogP contribution in [-0.4, -0.2) is 17.9 Å². The van der Waals surface area contributed by atoms with Crippen molar-refractivity contribution in [3.8, 4) is 17.0 Å². The number of H-pyrrole nitrogens is 1. The third-order valence-corrected chi connectivity index (χ3v) is 3.62. The quantitative estimate of drug-likeness (QED) is 0.710. The van der Waals surface area contributed by atoms with E-state index in [0.717, 1.165) is 34.2 Å². The minimum atomic E-state index is 0.608. The molecule has 0 aliphatic carbocycles. The Balaban J connectivity index is 2.18. The molecule has 21 heavy (non-hydrogen) atoms. The van der Waals surface area contributed by atoms with Crippen molar-refractivity contribution < 1.29 is 9.53 Å². The van der Waals surface area contributed by atoms with Gasteiger partial charge in [0.25, 0.3) is 0 Å². The molecular formula is C17H14ClNO2. The van der Waals surface area contributed by atoms with Crippen LogP contribution in [0.4, 0.5) is 0 Å². The van der Waals surface area contributed by atoms with Gasteiger partial charge >= 0.3 is 0 Å². The molecule has 3 rings (SSSR count). The Morgan fingerprint density at radius 1 is 1.19 bits per heavy atom. The maximum atomic E-state index is 11.5. The van der Waals surface area contributed by atoms with Crippen LogP contribution in [0, 0.1) is 0 Å². The van der Waals surface area contributed by atoms with Crippen LogP contribution in [0.5, 0.6) is 5.75 Å². The third kappa shape index (κ3) is 2.52. The van der Waals surface area contributed by atoms with Crippen molar-refractivity contribution in [1.29, 1.82) is 0 Å². The van der Waals surface area contributed by atoms with E-state index < -0.39 is 0 Å². The van der Waals surface area contributed by atoms with Gasteiger partial charge in [-0.3, -0.25) is 4.79 Å². The topological polar surface area (TPSA) is 42.1 Å². The Morgan fingerprint density at radius 2 is 1.95 bits per heavy atom. The van der Waals surface area contributed by atoms with E-state index in [0.29, 0.717) is 17.2 Å². The van der Waals surface area contributed by atoms with E-state index in [2.05, 4.69) is 4.98 Å². The average molecular weight is 300 g/mol. The lowest BCUT2D eigenvalue weighted by molar-refractivity contribution is 0.112. The maximum Gasteiger partial charge on any atom is 0.152 e. The van der Waals surface area contributed by atoms with Gasteiger partial charge in [0.05, 0.1) is 17.8 Å². The van der Waals surface area contributed by atoms with Gasteiger partial charge in [-0.1, -0.05) is 23.7 Å². The van der Waals surface area contributed by atoms with E-state index in [-0.39, 0.29) is 0 Å². The molecule has 0 bridgehead atoms. The molecule has 0 saturated heterocycles. The predicted molar refractivity (Wildman–Crippen MR) is 85.3 cm³/mol. The number of nitrogens with one attached hydrogen (secondary N) is 1. The first-order valence-electron chi connectivity index (χ1n) is 6.72. The van der Waals surface area contributed by atoms with Crippen molar-refractivity contribution in [3.63, 3.8) is 0 Å². The van der Waals surface area contributed by atoms with Crippen LogP contribution < -0.4 is 4.74 Å². The lowest BCUT2D eigenvalue weighted by Crippen LogP contribution is -1.90. The van der Waals surface area contributed by atoms with Crippen LogP contribution in [0.2, 0.25) is 5.02 Å². The molecule has 3 aromatic rings. The molecule has 106 valence electrons. The van der Waals surface area contributed by atoms with Gasteiger partial charge in [0.1, 0.15) is 5.75 Å². The van der Waals surface area contributed by atoms with E-state index in [1.165, 1.54) is 0 Å². The summed E-state index contributed by atoms with van der Waals surface area (Å²) in [6, 6.07) is 13.1. The standard InChI is InChI=1S/C17H14ClNO2/c1-2-21-13-7-8-14-15(10-20)17(19-16(14)9-13)11-3-5-12(18)6-4-11/h3-10,19H,2H2,1H3. The summed E-state index contributed by atoms with van der Waals surface area (Å²) in [6.07, 6.45) is 0.878. The van der Waals surface area contributed by atoms with Crippen LogP contribution in [-0.2, 0) is 0 Å². The Kier molecular flexibility index (Phi) is 3.67. The number of aromatic amines is 1. The predicted octanol–water partition coefficient (Wildman–Crippen LogP) is 4.70. The lowest BCUT2D eigenvalue weighted by atomic mass is 10.1. The van der Waals surface area contributed by atoms with Crippen molar-refractivity contribution in [1.82, 2.24) is 4.98 Å². The van der Waals surface area contributed by atoms with Crippen LogP contribution in [0.1, 0.15) is 17.3 Å². The number of halogens is 1. The van der Waals surface area contributed by atoms with Crippen LogP contribution >= 0.6 is 11.6 Å². The number of aldehydes is 1. The summed E-state index contributed by atoms with van der Waals surface area (Å²) in [5, 5.41) is 1.56. The second-order valence-electron chi connectivity index (χ2n) is 4.68. The number of fused-ring (bicyclic) bond motifs is 1. The fourth-order valence-corrected chi connectivity index (χ4v) is 2.55. The monoisotopic (exact) mass is 299 g/mol. The van der Waals surface area contributed by atoms with Gasteiger partial charge in [0, 0.05) is 22.0 Å². The normalized spacial score (nSPS) is 10.8. The number of benzene rings is 2. The molecule has 0 spiro atoms. The molecular weight excluding hydrogens is 286 g/mol. The average Bonchev–Trinajstić information content (AvgIpc) is 2.86. The van der Waals surface area contributed by atoms with Crippen LogP contribution in [0.25, 0.3) is 22.2 Å². The van der Waals surface area contributed by atoms with Crippen LogP contribution in [0.3, 0.4) is 0 Å². The highest BCUT2D eigenvalue weighted by Gasteiger charge is 2.13. The van der Waals surface area contributed by atoms with E-state index in [1.807, 2.05) is 49.4 Å². The third-order valence-electron chi connectivity index (χ3n) is 3.37. The Morgan fingerprint density at radius 3 is 2.62 bits per heavy atom. The Hall–Kier alpha value is -2.26.